The second-order valence-corrected chi connectivity index (χ2v) is 5.09. The summed E-state index contributed by atoms with van der Waals surface area (Å²) in [6, 6.07) is 1.78. The average Bonchev–Trinajstić information content (AvgIpc) is 2.60. The average molecular weight is 208 g/mol. The number of ketones is 1. The Kier molecular flexibility index (Phi) is 3.72. The van der Waals surface area contributed by atoms with Crippen LogP contribution in [0.5, 0.6) is 0 Å². The molecular weight excluding hydrogens is 188 g/mol. The fraction of sp³-hybridized carbons (Fsp3) is 0.615. The molecule has 0 spiro atoms. The van der Waals surface area contributed by atoms with Gasteiger partial charge in [0.1, 0.15) is 5.76 Å². The van der Waals surface area contributed by atoms with Gasteiger partial charge in [0, 0.05) is 12.8 Å². The van der Waals surface area contributed by atoms with Gasteiger partial charge in [-0.05, 0) is 17.9 Å². The lowest BCUT2D eigenvalue weighted by molar-refractivity contribution is 0.0964. The van der Waals surface area contributed by atoms with E-state index in [1.165, 1.54) is 0 Å². The van der Waals surface area contributed by atoms with Crippen molar-refractivity contribution in [2.24, 2.45) is 5.41 Å². The van der Waals surface area contributed by atoms with Gasteiger partial charge in [0.25, 0.3) is 0 Å². The van der Waals surface area contributed by atoms with Crippen molar-refractivity contribution in [3.8, 4) is 0 Å². The zero-order valence-electron chi connectivity index (χ0n) is 10.1. The summed E-state index contributed by atoms with van der Waals surface area (Å²) in [7, 11) is 0. The first-order chi connectivity index (χ1) is 6.94. The molecule has 0 aromatic carbocycles. The van der Waals surface area contributed by atoms with Crippen molar-refractivity contribution in [2.45, 2.75) is 47.0 Å². The molecule has 0 saturated carbocycles. The molecule has 0 N–H and O–H groups in total. The van der Waals surface area contributed by atoms with Gasteiger partial charge in [-0.1, -0.05) is 27.7 Å². The van der Waals surface area contributed by atoms with E-state index in [9.17, 15) is 4.79 Å². The number of carbonyl (C=O) groups excluding carboxylic acids is 1. The molecule has 1 rings (SSSR count). The number of aryl methyl sites for hydroxylation is 1. The lowest BCUT2D eigenvalue weighted by Gasteiger charge is -2.16. The highest BCUT2D eigenvalue weighted by Gasteiger charge is 2.17. The monoisotopic (exact) mass is 208 g/mol. The Morgan fingerprint density at radius 1 is 1.40 bits per heavy atom. The fourth-order valence-electron chi connectivity index (χ4n) is 1.49. The van der Waals surface area contributed by atoms with Crippen molar-refractivity contribution >= 4 is 5.78 Å². The first-order valence-electron chi connectivity index (χ1n) is 5.53. The van der Waals surface area contributed by atoms with Gasteiger partial charge < -0.3 is 4.42 Å². The molecule has 84 valence electrons. The summed E-state index contributed by atoms with van der Waals surface area (Å²) in [4.78, 5) is 11.9. The third kappa shape index (κ3) is 3.54. The fourth-order valence-corrected chi connectivity index (χ4v) is 1.49. The van der Waals surface area contributed by atoms with Crippen LogP contribution in [0.4, 0.5) is 0 Å². The summed E-state index contributed by atoms with van der Waals surface area (Å²) in [5.74, 6) is 1.02. The third-order valence-electron chi connectivity index (χ3n) is 2.47. The van der Waals surface area contributed by atoms with Crippen LogP contribution in [0, 0.1) is 5.41 Å². The van der Waals surface area contributed by atoms with Gasteiger partial charge in [0.15, 0.2) is 5.78 Å². The van der Waals surface area contributed by atoms with Crippen LogP contribution in [0.15, 0.2) is 16.7 Å². The molecule has 0 fully saturated rings. The Morgan fingerprint density at radius 3 is 2.60 bits per heavy atom. The van der Waals surface area contributed by atoms with Crippen molar-refractivity contribution < 1.29 is 9.21 Å². The number of hydrogen-bond acceptors (Lipinski definition) is 2. The van der Waals surface area contributed by atoms with Crippen LogP contribution >= 0.6 is 0 Å². The molecule has 1 aromatic heterocycles. The van der Waals surface area contributed by atoms with E-state index in [4.69, 9.17) is 4.42 Å². The molecule has 1 heterocycles. The molecule has 0 atom stereocenters. The van der Waals surface area contributed by atoms with Crippen LogP contribution in [-0.2, 0) is 6.42 Å². The molecule has 0 amide bonds. The summed E-state index contributed by atoms with van der Waals surface area (Å²) in [5, 5.41) is 0. The van der Waals surface area contributed by atoms with Gasteiger partial charge in [-0.25, -0.2) is 0 Å². The van der Waals surface area contributed by atoms with E-state index < -0.39 is 0 Å². The van der Waals surface area contributed by atoms with E-state index >= 15 is 0 Å². The minimum absolute atomic E-state index is 0.204. The normalized spacial score (nSPS) is 11.7. The summed E-state index contributed by atoms with van der Waals surface area (Å²) < 4.78 is 5.25. The number of Topliss-reactive ketones (excluding diaryl/α,β-unsaturated/α-hetero) is 1. The molecule has 2 nitrogen and oxygen atoms in total. The quantitative estimate of drug-likeness (QED) is 0.703. The number of hydrogen-bond donors (Lipinski definition) is 0. The largest absolute Gasteiger partial charge is 0.469 e. The van der Waals surface area contributed by atoms with Crippen molar-refractivity contribution in [3.63, 3.8) is 0 Å². The summed E-state index contributed by atoms with van der Waals surface area (Å²) >= 11 is 0. The van der Waals surface area contributed by atoms with E-state index in [1.807, 2.05) is 6.92 Å². The van der Waals surface area contributed by atoms with Gasteiger partial charge in [0.2, 0.25) is 0 Å². The maximum atomic E-state index is 11.9. The molecule has 15 heavy (non-hydrogen) atoms. The zero-order chi connectivity index (χ0) is 11.5. The zero-order valence-corrected chi connectivity index (χ0v) is 10.1. The van der Waals surface area contributed by atoms with Crippen LogP contribution < -0.4 is 0 Å². The van der Waals surface area contributed by atoms with E-state index in [0.29, 0.717) is 6.42 Å². The van der Waals surface area contributed by atoms with Crippen LogP contribution in [0.25, 0.3) is 0 Å². The van der Waals surface area contributed by atoms with E-state index in [2.05, 4.69) is 20.8 Å². The van der Waals surface area contributed by atoms with Gasteiger partial charge in [0.05, 0.1) is 11.8 Å². The van der Waals surface area contributed by atoms with Gasteiger partial charge in [-0.2, -0.15) is 0 Å². The predicted octanol–water partition coefficient (Wildman–Crippen LogP) is 3.85. The third-order valence-corrected chi connectivity index (χ3v) is 2.47. The van der Waals surface area contributed by atoms with Crippen LogP contribution in [0.3, 0.4) is 0 Å². The van der Waals surface area contributed by atoms with Gasteiger partial charge in [-0.15, -0.1) is 0 Å². The SMILES string of the molecule is CCc1occc1C(=O)CCC(C)(C)C. The van der Waals surface area contributed by atoms with Crippen molar-refractivity contribution in [1.29, 1.82) is 0 Å². The molecular formula is C13H20O2. The minimum Gasteiger partial charge on any atom is -0.469 e. The standard InChI is InChI=1S/C13H20O2/c1-5-12-10(7-9-15-12)11(14)6-8-13(2,3)4/h7,9H,5-6,8H2,1-4H3. The second-order valence-electron chi connectivity index (χ2n) is 5.09. The van der Waals surface area contributed by atoms with Gasteiger partial charge in [-0.3, -0.25) is 4.79 Å². The molecule has 0 aliphatic rings. The van der Waals surface area contributed by atoms with Crippen LogP contribution in [-0.4, -0.2) is 5.78 Å². The van der Waals surface area contributed by atoms with Crippen LogP contribution in [0.2, 0.25) is 0 Å². The topological polar surface area (TPSA) is 30.2 Å². The summed E-state index contributed by atoms with van der Waals surface area (Å²) in [5.41, 5.74) is 0.980. The van der Waals surface area contributed by atoms with Crippen molar-refractivity contribution in [1.82, 2.24) is 0 Å². The van der Waals surface area contributed by atoms with Crippen LogP contribution in [0.1, 0.15) is 56.7 Å². The molecule has 1 aromatic rings. The maximum absolute atomic E-state index is 11.9. The maximum Gasteiger partial charge on any atom is 0.166 e. The molecule has 0 radical (unpaired) electrons. The van der Waals surface area contributed by atoms with E-state index in [1.54, 1.807) is 12.3 Å². The highest BCUT2D eigenvalue weighted by molar-refractivity contribution is 5.96. The first-order valence-corrected chi connectivity index (χ1v) is 5.53. The lowest BCUT2D eigenvalue weighted by atomic mass is 9.88. The number of furan rings is 1. The first kappa shape index (κ1) is 12.0. The van der Waals surface area contributed by atoms with Gasteiger partial charge >= 0.3 is 0 Å². The number of rotatable bonds is 4. The Hall–Kier alpha value is -1.05. The molecule has 0 aliphatic heterocycles. The van der Waals surface area contributed by atoms with E-state index in [-0.39, 0.29) is 11.2 Å². The molecule has 0 aliphatic carbocycles. The number of carbonyl (C=O) groups is 1. The lowest BCUT2D eigenvalue weighted by Crippen LogP contribution is -2.09. The summed E-state index contributed by atoms with van der Waals surface area (Å²) in [6.07, 6.45) is 3.91. The second kappa shape index (κ2) is 4.65. The Morgan fingerprint density at radius 2 is 2.07 bits per heavy atom. The van der Waals surface area contributed by atoms with Crippen molar-refractivity contribution in [3.05, 3.63) is 23.7 Å². The smallest absolute Gasteiger partial charge is 0.166 e. The predicted molar refractivity (Wildman–Crippen MR) is 61.1 cm³/mol. The van der Waals surface area contributed by atoms with E-state index in [0.717, 1.165) is 24.2 Å². The highest BCUT2D eigenvalue weighted by atomic mass is 16.3. The molecule has 0 unspecified atom stereocenters. The minimum atomic E-state index is 0.204. The Balaban J connectivity index is 2.62. The summed E-state index contributed by atoms with van der Waals surface area (Å²) in [6.45, 7) is 8.45. The molecule has 0 bridgehead atoms. The Bertz CT molecular complexity index is 329. The van der Waals surface area contributed by atoms with Crippen molar-refractivity contribution in [2.75, 3.05) is 0 Å². The Labute approximate surface area is 91.7 Å². The molecule has 0 saturated heterocycles. The molecule has 2 heteroatoms. The highest BCUT2D eigenvalue weighted by Crippen LogP contribution is 2.23.